The number of benzene rings is 2. The van der Waals surface area contributed by atoms with Crippen molar-refractivity contribution < 1.29 is 23.5 Å². The Hall–Kier alpha value is -3.87. The first-order valence-corrected chi connectivity index (χ1v) is 9.43. The van der Waals surface area contributed by atoms with E-state index in [1.165, 1.54) is 13.8 Å². The highest BCUT2D eigenvalue weighted by Gasteiger charge is 2.22. The summed E-state index contributed by atoms with van der Waals surface area (Å²) >= 11 is 0. The first-order chi connectivity index (χ1) is 14.5. The van der Waals surface area contributed by atoms with Crippen LogP contribution in [0.2, 0.25) is 0 Å². The maximum Gasteiger partial charge on any atom is 0.341 e. The summed E-state index contributed by atoms with van der Waals surface area (Å²) in [5.74, 6) is -0.625. The summed E-state index contributed by atoms with van der Waals surface area (Å²) in [5.41, 5.74) is 1.62. The van der Waals surface area contributed by atoms with Crippen LogP contribution < -0.4 is 10.6 Å². The van der Waals surface area contributed by atoms with Crippen LogP contribution in [-0.2, 0) is 16.1 Å². The Kier molecular flexibility index (Phi) is 6.64. The summed E-state index contributed by atoms with van der Waals surface area (Å²) in [6.45, 7) is 3.29. The van der Waals surface area contributed by atoms with Crippen molar-refractivity contribution in [1.82, 2.24) is 0 Å². The smallest absolute Gasteiger partial charge is 0.341 e. The molecule has 0 unspecified atom stereocenters. The minimum Gasteiger partial charge on any atom is -0.467 e. The molecule has 0 spiro atoms. The van der Waals surface area contributed by atoms with Crippen LogP contribution in [0.15, 0.2) is 71.3 Å². The molecule has 1 atom stereocenters. The maximum atomic E-state index is 12.6. The molecule has 1 amide bonds. The number of esters is 1. The normalized spacial score (nSPS) is 11.4. The van der Waals surface area contributed by atoms with Gasteiger partial charge in [-0.1, -0.05) is 24.3 Å². The number of rotatable bonds is 8. The van der Waals surface area contributed by atoms with Crippen LogP contribution in [0.1, 0.15) is 40.3 Å². The summed E-state index contributed by atoms with van der Waals surface area (Å²) in [6, 6.07) is 17.1. The third-order valence-electron chi connectivity index (χ3n) is 4.40. The number of hydrogen-bond donors (Lipinski definition) is 2. The number of ketones is 1. The molecule has 154 valence electrons. The number of anilines is 2. The third-order valence-corrected chi connectivity index (χ3v) is 4.40. The molecule has 2 N–H and O–H groups in total. The van der Waals surface area contributed by atoms with Gasteiger partial charge in [0.05, 0.1) is 24.1 Å². The second kappa shape index (κ2) is 9.56. The lowest BCUT2D eigenvalue weighted by molar-refractivity contribution is -0.123. The first-order valence-electron chi connectivity index (χ1n) is 9.43. The fraction of sp³-hybridized carbons (Fsp3) is 0.174. The van der Waals surface area contributed by atoms with Gasteiger partial charge >= 0.3 is 5.97 Å². The average Bonchev–Trinajstić information content (AvgIpc) is 3.26. The van der Waals surface area contributed by atoms with Gasteiger partial charge in [-0.2, -0.15) is 0 Å². The van der Waals surface area contributed by atoms with Gasteiger partial charge in [0.2, 0.25) is 0 Å². The van der Waals surface area contributed by atoms with Crippen LogP contribution in [0.4, 0.5) is 11.4 Å². The molecule has 2 aromatic carbocycles. The van der Waals surface area contributed by atoms with E-state index in [1.807, 2.05) is 6.07 Å². The first kappa shape index (κ1) is 20.9. The Bertz CT molecular complexity index is 1040. The summed E-state index contributed by atoms with van der Waals surface area (Å²) in [4.78, 5) is 36.9. The zero-order chi connectivity index (χ0) is 21.5. The lowest BCUT2D eigenvalue weighted by Gasteiger charge is -2.16. The molecule has 7 nitrogen and oxygen atoms in total. The Morgan fingerprint density at radius 1 is 0.933 bits per heavy atom. The van der Waals surface area contributed by atoms with E-state index in [-0.39, 0.29) is 5.78 Å². The predicted molar refractivity (Wildman–Crippen MR) is 112 cm³/mol. The van der Waals surface area contributed by atoms with Crippen molar-refractivity contribution in [2.75, 3.05) is 10.6 Å². The van der Waals surface area contributed by atoms with Crippen LogP contribution in [0, 0.1) is 0 Å². The highest BCUT2D eigenvalue weighted by molar-refractivity contribution is 6.05. The topological polar surface area (TPSA) is 97.6 Å². The lowest BCUT2D eigenvalue weighted by atomic mass is 10.1. The SMILES string of the molecule is CC(=O)c1ccccc1NC(=O)[C@H](C)OC(=O)c1ccccc1NCc1ccco1. The largest absolute Gasteiger partial charge is 0.467 e. The van der Waals surface area contributed by atoms with Crippen molar-refractivity contribution in [3.05, 3.63) is 83.8 Å². The molecule has 0 aliphatic heterocycles. The minimum atomic E-state index is -1.06. The number of amides is 1. The lowest BCUT2D eigenvalue weighted by Crippen LogP contribution is -2.30. The monoisotopic (exact) mass is 406 g/mol. The number of carbonyl (C=O) groups is 3. The van der Waals surface area contributed by atoms with Gasteiger partial charge in [-0.25, -0.2) is 4.79 Å². The van der Waals surface area contributed by atoms with Gasteiger partial charge < -0.3 is 19.8 Å². The molecule has 30 heavy (non-hydrogen) atoms. The van der Waals surface area contributed by atoms with Gasteiger partial charge in [0.1, 0.15) is 5.76 Å². The van der Waals surface area contributed by atoms with Gasteiger partial charge in [0, 0.05) is 11.3 Å². The zero-order valence-electron chi connectivity index (χ0n) is 16.7. The van der Waals surface area contributed by atoms with Crippen molar-refractivity contribution in [1.29, 1.82) is 0 Å². The summed E-state index contributed by atoms with van der Waals surface area (Å²) in [5, 5.41) is 5.77. The number of para-hydroxylation sites is 2. The van der Waals surface area contributed by atoms with E-state index in [2.05, 4.69) is 10.6 Å². The summed E-state index contributed by atoms with van der Waals surface area (Å²) in [7, 11) is 0. The Morgan fingerprint density at radius 2 is 1.60 bits per heavy atom. The van der Waals surface area contributed by atoms with E-state index in [0.29, 0.717) is 29.0 Å². The molecule has 0 bridgehead atoms. The Morgan fingerprint density at radius 3 is 2.27 bits per heavy atom. The molecule has 3 rings (SSSR count). The van der Waals surface area contributed by atoms with Crippen molar-refractivity contribution >= 4 is 29.0 Å². The molecule has 3 aromatic rings. The van der Waals surface area contributed by atoms with Gasteiger partial charge in [-0.05, 0) is 50.2 Å². The molecular weight excluding hydrogens is 384 g/mol. The van der Waals surface area contributed by atoms with Gasteiger partial charge in [0.15, 0.2) is 11.9 Å². The Balaban J connectivity index is 1.66. The van der Waals surface area contributed by atoms with Crippen LogP contribution in [0.3, 0.4) is 0 Å². The van der Waals surface area contributed by atoms with Crippen molar-refractivity contribution in [2.45, 2.75) is 26.5 Å². The molecule has 1 heterocycles. The van der Waals surface area contributed by atoms with Crippen LogP contribution in [0.25, 0.3) is 0 Å². The van der Waals surface area contributed by atoms with Gasteiger partial charge in [-0.15, -0.1) is 0 Å². The van der Waals surface area contributed by atoms with Crippen LogP contribution in [0.5, 0.6) is 0 Å². The van der Waals surface area contributed by atoms with E-state index >= 15 is 0 Å². The maximum absolute atomic E-state index is 12.6. The molecule has 7 heteroatoms. The number of Topliss-reactive ketones (excluding diaryl/α,β-unsaturated/α-hetero) is 1. The zero-order valence-corrected chi connectivity index (χ0v) is 16.7. The molecule has 0 saturated heterocycles. The highest BCUT2D eigenvalue weighted by Crippen LogP contribution is 2.19. The number of hydrogen-bond acceptors (Lipinski definition) is 6. The standard InChI is InChI=1S/C23H22N2O5/c1-15(26)18-9-3-6-12-21(18)25-22(27)16(2)30-23(28)19-10-4-5-11-20(19)24-14-17-8-7-13-29-17/h3-13,16,24H,14H2,1-2H3,(H,25,27)/t16-/m0/s1. The van der Waals surface area contributed by atoms with E-state index in [4.69, 9.17) is 9.15 Å². The third kappa shape index (κ3) is 5.14. The van der Waals surface area contributed by atoms with Gasteiger partial charge in [0.25, 0.3) is 5.91 Å². The number of carbonyl (C=O) groups excluding carboxylic acids is 3. The second-order valence-electron chi connectivity index (χ2n) is 6.62. The Labute approximate surface area is 174 Å². The molecule has 0 aliphatic carbocycles. The molecule has 0 radical (unpaired) electrons. The van der Waals surface area contributed by atoms with Crippen molar-refractivity contribution in [3.8, 4) is 0 Å². The molecule has 0 aliphatic rings. The molecule has 0 saturated carbocycles. The minimum absolute atomic E-state index is 0.174. The number of furan rings is 1. The number of ether oxygens (including phenoxy) is 1. The van der Waals surface area contributed by atoms with Crippen molar-refractivity contribution in [2.24, 2.45) is 0 Å². The number of nitrogens with one attached hydrogen (secondary N) is 2. The summed E-state index contributed by atoms with van der Waals surface area (Å²) < 4.78 is 10.6. The quantitative estimate of drug-likeness (QED) is 0.428. The van der Waals surface area contributed by atoms with E-state index in [9.17, 15) is 14.4 Å². The van der Waals surface area contributed by atoms with Crippen LogP contribution >= 0.6 is 0 Å². The predicted octanol–water partition coefficient (Wildman–Crippen LogP) is 4.28. The van der Waals surface area contributed by atoms with Gasteiger partial charge in [-0.3, -0.25) is 9.59 Å². The molecule has 1 aromatic heterocycles. The van der Waals surface area contributed by atoms with Crippen LogP contribution in [-0.4, -0.2) is 23.8 Å². The van der Waals surface area contributed by atoms with E-state index < -0.39 is 18.0 Å². The average molecular weight is 406 g/mol. The molecular formula is C23H22N2O5. The second-order valence-corrected chi connectivity index (χ2v) is 6.62. The highest BCUT2D eigenvalue weighted by atomic mass is 16.5. The van der Waals surface area contributed by atoms with E-state index in [1.54, 1.807) is 60.9 Å². The van der Waals surface area contributed by atoms with Crippen molar-refractivity contribution in [3.63, 3.8) is 0 Å². The fourth-order valence-corrected chi connectivity index (χ4v) is 2.82. The summed E-state index contributed by atoms with van der Waals surface area (Å²) in [6.07, 6.45) is 0.512. The fourth-order valence-electron chi connectivity index (χ4n) is 2.82. The van der Waals surface area contributed by atoms with E-state index in [0.717, 1.165) is 5.76 Å². The molecule has 0 fully saturated rings.